The van der Waals surface area contributed by atoms with Gasteiger partial charge in [0.05, 0.1) is 11.1 Å². The smallest absolute Gasteiger partial charge is 0.243 e. The molecule has 0 aliphatic rings. The van der Waals surface area contributed by atoms with E-state index in [1.165, 1.54) is 4.31 Å². The molecule has 5 nitrogen and oxygen atoms in total. The minimum Gasteiger partial charge on any atom is -0.285 e. The minimum absolute atomic E-state index is 0.286. The van der Waals surface area contributed by atoms with Crippen LogP contribution >= 0.6 is 15.9 Å². The summed E-state index contributed by atoms with van der Waals surface area (Å²) in [5.74, 6) is 0. The molecule has 0 bridgehead atoms. The third-order valence-electron chi connectivity index (χ3n) is 2.80. The lowest BCUT2D eigenvalue weighted by Gasteiger charge is -2.16. The van der Waals surface area contributed by atoms with Gasteiger partial charge in [-0.2, -0.15) is 9.40 Å². The maximum Gasteiger partial charge on any atom is 0.243 e. The van der Waals surface area contributed by atoms with E-state index in [2.05, 4.69) is 26.1 Å². The number of sulfonamides is 1. The highest BCUT2D eigenvalue weighted by molar-refractivity contribution is 9.10. The summed E-state index contributed by atoms with van der Waals surface area (Å²) in [5.41, 5.74) is 1.71. The number of hydrogen-bond acceptors (Lipinski definition) is 3. The average molecular weight is 344 g/mol. The van der Waals surface area contributed by atoms with Gasteiger partial charge in [-0.1, -0.05) is 15.9 Å². The van der Waals surface area contributed by atoms with Crippen molar-refractivity contribution in [2.24, 2.45) is 0 Å². The number of benzene rings is 1. The fourth-order valence-electron chi connectivity index (χ4n) is 1.66. The van der Waals surface area contributed by atoms with Crippen LogP contribution in [0.2, 0.25) is 0 Å². The number of rotatable bonds is 4. The quantitative estimate of drug-likeness (QED) is 0.926. The maximum absolute atomic E-state index is 12.4. The zero-order chi connectivity index (χ0) is 14.0. The first-order valence-corrected chi connectivity index (χ1v) is 7.84. The predicted octanol–water partition coefficient (Wildman–Crippen LogP) is 2.30. The molecule has 102 valence electrons. The highest BCUT2D eigenvalue weighted by atomic mass is 79.9. The van der Waals surface area contributed by atoms with Crippen LogP contribution < -0.4 is 0 Å². The molecule has 2 aromatic rings. The molecule has 0 spiro atoms. The van der Waals surface area contributed by atoms with E-state index >= 15 is 0 Å². The lowest BCUT2D eigenvalue weighted by Crippen LogP contribution is -2.26. The molecule has 1 aromatic carbocycles. The number of H-pyrrole nitrogens is 1. The van der Waals surface area contributed by atoms with Gasteiger partial charge in [-0.15, -0.1) is 0 Å². The normalized spacial score (nSPS) is 12.0. The van der Waals surface area contributed by atoms with Crippen LogP contribution in [0.4, 0.5) is 0 Å². The molecule has 0 unspecified atom stereocenters. The molecule has 1 heterocycles. The monoisotopic (exact) mass is 343 g/mol. The summed E-state index contributed by atoms with van der Waals surface area (Å²) in [6.07, 6.45) is 3.29. The molecule has 0 atom stereocenters. The highest BCUT2D eigenvalue weighted by Crippen LogP contribution is 2.22. The van der Waals surface area contributed by atoms with Gasteiger partial charge in [-0.25, -0.2) is 8.42 Å². The SMILES string of the molecule is Cc1cc(S(=O)(=O)N(C)Cc2cn[nH]c2)ccc1Br. The Kier molecular flexibility index (Phi) is 4.07. The third-order valence-corrected chi connectivity index (χ3v) is 5.49. The molecule has 7 heteroatoms. The number of hydrogen-bond donors (Lipinski definition) is 1. The molecular formula is C12H14BrN3O2S. The Balaban J connectivity index is 2.28. The summed E-state index contributed by atoms with van der Waals surface area (Å²) in [6, 6.07) is 5.00. The van der Waals surface area contributed by atoms with Crippen LogP contribution in [0.3, 0.4) is 0 Å². The summed E-state index contributed by atoms with van der Waals surface area (Å²) < 4.78 is 27.0. The molecule has 0 saturated carbocycles. The van der Waals surface area contributed by atoms with Gasteiger partial charge in [-0.05, 0) is 30.7 Å². The van der Waals surface area contributed by atoms with Crippen LogP contribution in [0.25, 0.3) is 0 Å². The van der Waals surface area contributed by atoms with Gasteiger partial charge in [0.15, 0.2) is 0 Å². The standard InChI is InChI=1S/C12H14BrN3O2S/c1-9-5-11(3-4-12(9)13)19(17,18)16(2)8-10-6-14-15-7-10/h3-7H,8H2,1-2H3,(H,14,15). The summed E-state index contributed by atoms with van der Waals surface area (Å²) in [5, 5.41) is 6.47. The second kappa shape index (κ2) is 5.44. The predicted molar refractivity (Wildman–Crippen MR) is 76.1 cm³/mol. The molecule has 2 rings (SSSR count). The summed E-state index contributed by atoms with van der Waals surface area (Å²) in [7, 11) is -1.93. The average Bonchev–Trinajstić information content (AvgIpc) is 2.85. The van der Waals surface area contributed by atoms with E-state index in [4.69, 9.17) is 0 Å². The van der Waals surface area contributed by atoms with Crippen LogP contribution in [-0.4, -0.2) is 30.0 Å². The first-order valence-electron chi connectivity index (χ1n) is 5.61. The van der Waals surface area contributed by atoms with E-state index in [-0.39, 0.29) is 6.54 Å². The van der Waals surface area contributed by atoms with Crippen molar-refractivity contribution >= 4 is 26.0 Å². The Bertz CT molecular complexity index is 668. The van der Waals surface area contributed by atoms with Crippen LogP contribution in [0.1, 0.15) is 11.1 Å². The highest BCUT2D eigenvalue weighted by Gasteiger charge is 2.21. The molecule has 1 aromatic heterocycles. The Labute approximate surface area is 120 Å². The van der Waals surface area contributed by atoms with Gasteiger partial charge in [-0.3, -0.25) is 5.10 Å². The number of nitrogens with zero attached hydrogens (tertiary/aromatic N) is 2. The van der Waals surface area contributed by atoms with Crippen molar-refractivity contribution in [1.82, 2.24) is 14.5 Å². The van der Waals surface area contributed by atoms with E-state index < -0.39 is 10.0 Å². The van der Waals surface area contributed by atoms with E-state index in [0.29, 0.717) is 4.90 Å². The molecule has 1 N–H and O–H groups in total. The van der Waals surface area contributed by atoms with Crippen molar-refractivity contribution in [2.75, 3.05) is 7.05 Å². The van der Waals surface area contributed by atoms with E-state index in [9.17, 15) is 8.42 Å². The molecule has 19 heavy (non-hydrogen) atoms. The number of aryl methyl sites for hydroxylation is 1. The molecule has 0 amide bonds. The first-order chi connectivity index (χ1) is 8.91. The zero-order valence-corrected chi connectivity index (χ0v) is 13.0. The molecule has 0 radical (unpaired) electrons. The molecule has 0 aliphatic carbocycles. The number of halogens is 1. The molecular weight excluding hydrogens is 330 g/mol. The van der Waals surface area contributed by atoms with E-state index in [1.54, 1.807) is 37.6 Å². The number of aromatic nitrogens is 2. The van der Waals surface area contributed by atoms with Crippen molar-refractivity contribution in [1.29, 1.82) is 0 Å². The zero-order valence-electron chi connectivity index (χ0n) is 10.6. The van der Waals surface area contributed by atoms with Crippen molar-refractivity contribution < 1.29 is 8.42 Å². The van der Waals surface area contributed by atoms with Crippen LogP contribution in [0.5, 0.6) is 0 Å². The fourth-order valence-corrected chi connectivity index (χ4v) is 3.16. The third kappa shape index (κ3) is 3.05. The van der Waals surface area contributed by atoms with Gasteiger partial charge in [0.1, 0.15) is 0 Å². The van der Waals surface area contributed by atoms with Gasteiger partial charge in [0.2, 0.25) is 10.0 Å². The van der Waals surface area contributed by atoms with Crippen LogP contribution in [0, 0.1) is 6.92 Å². The lowest BCUT2D eigenvalue weighted by molar-refractivity contribution is 0.466. The topological polar surface area (TPSA) is 66.1 Å². The first kappa shape index (κ1) is 14.2. The van der Waals surface area contributed by atoms with Crippen LogP contribution in [-0.2, 0) is 16.6 Å². The van der Waals surface area contributed by atoms with E-state index in [1.807, 2.05) is 6.92 Å². The number of aromatic amines is 1. The summed E-state index contributed by atoms with van der Waals surface area (Å²) in [6.45, 7) is 2.15. The molecule has 0 aliphatic heterocycles. The molecule has 0 saturated heterocycles. The van der Waals surface area contributed by atoms with Gasteiger partial charge in [0, 0.05) is 29.8 Å². The second-order valence-corrected chi connectivity index (χ2v) is 7.18. The van der Waals surface area contributed by atoms with Crippen molar-refractivity contribution in [3.63, 3.8) is 0 Å². The Morgan fingerprint density at radius 3 is 2.74 bits per heavy atom. The Morgan fingerprint density at radius 2 is 2.16 bits per heavy atom. The van der Waals surface area contributed by atoms with Gasteiger partial charge < -0.3 is 0 Å². The fraction of sp³-hybridized carbons (Fsp3) is 0.250. The van der Waals surface area contributed by atoms with Gasteiger partial charge in [0.25, 0.3) is 0 Å². The number of nitrogens with one attached hydrogen (secondary N) is 1. The van der Waals surface area contributed by atoms with Crippen molar-refractivity contribution in [3.8, 4) is 0 Å². The van der Waals surface area contributed by atoms with E-state index in [0.717, 1.165) is 15.6 Å². The van der Waals surface area contributed by atoms with Crippen molar-refractivity contribution in [2.45, 2.75) is 18.4 Å². The van der Waals surface area contributed by atoms with Crippen LogP contribution in [0.15, 0.2) is 40.0 Å². The lowest BCUT2D eigenvalue weighted by atomic mass is 10.2. The van der Waals surface area contributed by atoms with Crippen molar-refractivity contribution in [3.05, 3.63) is 46.2 Å². The minimum atomic E-state index is -3.48. The second-order valence-electron chi connectivity index (χ2n) is 4.28. The molecule has 0 fully saturated rings. The van der Waals surface area contributed by atoms with Gasteiger partial charge >= 0.3 is 0 Å². The largest absolute Gasteiger partial charge is 0.285 e. The summed E-state index contributed by atoms with van der Waals surface area (Å²) >= 11 is 3.36. The Hall–Kier alpha value is -1.18. The Morgan fingerprint density at radius 1 is 1.42 bits per heavy atom. The maximum atomic E-state index is 12.4. The summed E-state index contributed by atoms with van der Waals surface area (Å²) in [4.78, 5) is 0.291.